The zero-order chi connectivity index (χ0) is 20.1. The quantitative estimate of drug-likeness (QED) is 0.778. The minimum absolute atomic E-state index is 0.235. The molecule has 1 N–H and O–H groups in total. The summed E-state index contributed by atoms with van der Waals surface area (Å²) in [6.07, 6.45) is 1.47. The van der Waals surface area contributed by atoms with Crippen LogP contribution in [0.4, 0.5) is 5.13 Å². The monoisotopic (exact) mass is 401 g/mol. The molecule has 2 amide bonds. The second kappa shape index (κ2) is 8.97. The van der Waals surface area contributed by atoms with Crippen molar-refractivity contribution >= 4 is 34.3 Å². The van der Waals surface area contributed by atoms with Crippen LogP contribution >= 0.6 is 11.3 Å². The first-order valence-electron chi connectivity index (χ1n) is 9.28. The highest BCUT2D eigenvalue weighted by atomic mass is 32.1. The standard InChI is InChI=1S/C20H23N3O4S/c1-3-27-19(26)14-8-6-10-23(11-14)18(25)16-12-28-20(21-16)22-17(24)15-9-5-4-7-13(15)2/h4-5,7,9,12,14H,3,6,8,10-11H2,1-2H3,(H,21,22,24). The first-order valence-corrected chi connectivity index (χ1v) is 10.2. The van der Waals surface area contributed by atoms with Gasteiger partial charge in [-0.3, -0.25) is 19.7 Å². The Balaban J connectivity index is 1.64. The van der Waals surface area contributed by atoms with Crippen molar-refractivity contribution < 1.29 is 19.1 Å². The summed E-state index contributed by atoms with van der Waals surface area (Å²) in [4.78, 5) is 43.0. The van der Waals surface area contributed by atoms with Crippen molar-refractivity contribution in [3.63, 3.8) is 0 Å². The van der Waals surface area contributed by atoms with Crippen LogP contribution in [0.2, 0.25) is 0 Å². The van der Waals surface area contributed by atoms with Gasteiger partial charge in [0.2, 0.25) is 0 Å². The highest BCUT2D eigenvalue weighted by Crippen LogP contribution is 2.23. The lowest BCUT2D eigenvalue weighted by Gasteiger charge is -2.31. The van der Waals surface area contributed by atoms with Crippen molar-refractivity contribution in [3.05, 3.63) is 46.5 Å². The van der Waals surface area contributed by atoms with Gasteiger partial charge in [-0.15, -0.1) is 11.3 Å². The number of hydrogen-bond acceptors (Lipinski definition) is 6. The van der Waals surface area contributed by atoms with E-state index in [4.69, 9.17) is 4.74 Å². The van der Waals surface area contributed by atoms with Crippen LogP contribution in [0.1, 0.15) is 46.2 Å². The van der Waals surface area contributed by atoms with E-state index in [-0.39, 0.29) is 29.4 Å². The van der Waals surface area contributed by atoms with Crippen LogP contribution in [-0.4, -0.2) is 47.4 Å². The number of nitrogens with zero attached hydrogens (tertiary/aromatic N) is 2. The largest absolute Gasteiger partial charge is 0.466 e. The van der Waals surface area contributed by atoms with E-state index < -0.39 is 0 Å². The average Bonchev–Trinajstić information content (AvgIpc) is 3.16. The van der Waals surface area contributed by atoms with Gasteiger partial charge in [-0.1, -0.05) is 18.2 Å². The van der Waals surface area contributed by atoms with Crippen molar-refractivity contribution in [1.82, 2.24) is 9.88 Å². The third-order valence-electron chi connectivity index (χ3n) is 4.66. The minimum atomic E-state index is -0.295. The Kier molecular flexibility index (Phi) is 6.41. The van der Waals surface area contributed by atoms with Crippen LogP contribution < -0.4 is 5.32 Å². The SMILES string of the molecule is CCOC(=O)C1CCCN(C(=O)c2csc(NC(=O)c3ccccc3C)n2)C1. The Morgan fingerprint density at radius 1 is 1.32 bits per heavy atom. The van der Waals surface area contributed by atoms with E-state index in [0.717, 1.165) is 18.4 Å². The zero-order valence-corrected chi connectivity index (χ0v) is 16.8. The molecule has 1 aromatic heterocycles. The molecule has 0 radical (unpaired) electrons. The Labute approximate surface area is 167 Å². The number of aryl methyl sites for hydroxylation is 1. The number of amides is 2. The topological polar surface area (TPSA) is 88.6 Å². The summed E-state index contributed by atoms with van der Waals surface area (Å²) >= 11 is 1.20. The zero-order valence-electron chi connectivity index (χ0n) is 15.9. The highest BCUT2D eigenvalue weighted by molar-refractivity contribution is 7.14. The minimum Gasteiger partial charge on any atom is -0.466 e. The van der Waals surface area contributed by atoms with Gasteiger partial charge in [-0.25, -0.2) is 4.98 Å². The van der Waals surface area contributed by atoms with Crippen LogP contribution in [0.3, 0.4) is 0 Å². The molecule has 1 aliphatic heterocycles. The molecule has 1 unspecified atom stereocenters. The molecule has 1 saturated heterocycles. The number of carbonyl (C=O) groups is 3. The van der Waals surface area contributed by atoms with E-state index in [1.807, 2.05) is 19.1 Å². The molecular formula is C20H23N3O4S. The number of piperidine rings is 1. The molecule has 0 bridgehead atoms. The van der Waals surface area contributed by atoms with E-state index in [2.05, 4.69) is 10.3 Å². The molecule has 28 heavy (non-hydrogen) atoms. The molecule has 0 spiro atoms. The number of carbonyl (C=O) groups excluding carboxylic acids is 3. The molecule has 1 fully saturated rings. The van der Waals surface area contributed by atoms with Crippen LogP contribution in [0.25, 0.3) is 0 Å². The second-order valence-electron chi connectivity index (χ2n) is 6.65. The molecular weight excluding hydrogens is 378 g/mol. The number of ether oxygens (including phenoxy) is 1. The van der Waals surface area contributed by atoms with Gasteiger partial charge in [0.25, 0.3) is 11.8 Å². The summed E-state index contributed by atoms with van der Waals surface area (Å²) in [6, 6.07) is 7.28. The van der Waals surface area contributed by atoms with Crippen molar-refractivity contribution in [2.24, 2.45) is 5.92 Å². The molecule has 2 aromatic rings. The van der Waals surface area contributed by atoms with Crippen molar-refractivity contribution in [2.45, 2.75) is 26.7 Å². The number of benzene rings is 1. The molecule has 1 aromatic carbocycles. The fourth-order valence-electron chi connectivity index (χ4n) is 3.20. The molecule has 8 heteroatoms. The Hall–Kier alpha value is -2.74. The number of hydrogen-bond donors (Lipinski definition) is 1. The third-order valence-corrected chi connectivity index (χ3v) is 5.42. The lowest BCUT2D eigenvalue weighted by Crippen LogP contribution is -2.43. The van der Waals surface area contributed by atoms with Gasteiger partial charge in [-0.2, -0.15) is 0 Å². The van der Waals surface area contributed by atoms with Gasteiger partial charge in [-0.05, 0) is 38.3 Å². The maximum absolute atomic E-state index is 12.8. The summed E-state index contributed by atoms with van der Waals surface area (Å²) in [7, 11) is 0. The van der Waals surface area contributed by atoms with E-state index in [0.29, 0.717) is 30.4 Å². The van der Waals surface area contributed by atoms with Gasteiger partial charge in [0.05, 0.1) is 12.5 Å². The molecule has 1 aliphatic rings. The van der Waals surface area contributed by atoms with Gasteiger partial charge in [0.15, 0.2) is 5.13 Å². The van der Waals surface area contributed by atoms with Gasteiger partial charge in [0, 0.05) is 24.0 Å². The molecule has 7 nitrogen and oxygen atoms in total. The Morgan fingerprint density at radius 3 is 2.86 bits per heavy atom. The number of nitrogens with one attached hydrogen (secondary N) is 1. The Bertz CT molecular complexity index is 880. The second-order valence-corrected chi connectivity index (χ2v) is 7.51. The van der Waals surface area contributed by atoms with Crippen molar-refractivity contribution in [3.8, 4) is 0 Å². The Morgan fingerprint density at radius 2 is 2.11 bits per heavy atom. The molecule has 148 valence electrons. The van der Waals surface area contributed by atoms with E-state index in [9.17, 15) is 14.4 Å². The number of thiazole rings is 1. The summed E-state index contributed by atoms with van der Waals surface area (Å²) in [5, 5.41) is 4.74. The first kappa shape index (κ1) is 20.0. The molecule has 2 heterocycles. The lowest BCUT2D eigenvalue weighted by atomic mass is 9.98. The van der Waals surface area contributed by atoms with Crippen LogP contribution in [-0.2, 0) is 9.53 Å². The fourth-order valence-corrected chi connectivity index (χ4v) is 3.88. The predicted molar refractivity (Wildman–Crippen MR) is 107 cm³/mol. The molecule has 1 atom stereocenters. The van der Waals surface area contributed by atoms with E-state index >= 15 is 0 Å². The maximum Gasteiger partial charge on any atom is 0.310 e. The fraction of sp³-hybridized carbons (Fsp3) is 0.400. The van der Waals surface area contributed by atoms with Crippen molar-refractivity contribution in [1.29, 1.82) is 0 Å². The first-order chi connectivity index (χ1) is 13.5. The lowest BCUT2D eigenvalue weighted by molar-refractivity contribution is -0.149. The summed E-state index contributed by atoms with van der Waals surface area (Å²) in [5.74, 6) is -1.05. The van der Waals surface area contributed by atoms with Crippen molar-refractivity contribution in [2.75, 3.05) is 25.0 Å². The third kappa shape index (κ3) is 4.56. The number of likely N-dealkylation sites (tertiary alicyclic amines) is 1. The van der Waals surface area contributed by atoms with E-state index in [1.165, 1.54) is 11.3 Å². The van der Waals surface area contributed by atoms with Crippen LogP contribution in [0.15, 0.2) is 29.6 Å². The molecule has 0 saturated carbocycles. The van der Waals surface area contributed by atoms with Crippen LogP contribution in [0.5, 0.6) is 0 Å². The number of esters is 1. The van der Waals surface area contributed by atoms with Gasteiger partial charge in [0.1, 0.15) is 5.69 Å². The predicted octanol–water partition coefficient (Wildman–Crippen LogP) is 3.12. The average molecular weight is 401 g/mol. The van der Waals surface area contributed by atoms with Gasteiger partial charge < -0.3 is 9.64 Å². The number of anilines is 1. The maximum atomic E-state index is 12.8. The number of aromatic nitrogens is 1. The smallest absolute Gasteiger partial charge is 0.310 e. The summed E-state index contributed by atoms with van der Waals surface area (Å²) < 4.78 is 5.08. The van der Waals surface area contributed by atoms with Crippen LogP contribution in [0, 0.1) is 12.8 Å². The normalized spacial score (nSPS) is 16.5. The van der Waals surface area contributed by atoms with Gasteiger partial charge >= 0.3 is 5.97 Å². The molecule has 0 aliphatic carbocycles. The summed E-state index contributed by atoms with van der Waals surface area (Å²) in [5.41, 5.74) is 1.71. The highest BCUT2D eigenvalue weighted by Gasteiger charge is 2.30. The summed E-state index contributed by atoms with van der Waals surface area (Å²) in [6.45, 7) is 4.88. The van der Waals surface area contributed by atoms with E-state index in [1.54, 1.807) is 29.3 Å². The molecule has 3 rings (SSSR count). The number of rotatable bonds is 5.